The Morgan fingerprint density at radius 2 is 2.07 bits per heavy atom. The van der Waals surface area contributed by atoms with Crippen molar-refractivity contribution >= 4 is 11.9 Å². The average molecular weight is 204 g/mol. The van der Waals surface area contributed by atoms with Gasteiger partial charge in [0.2, 0.25) is 0 Å². The predicted molar refractivity (Wildman–Crippen MR) is 57.3 cm³/mol. The Morgan fingerprint density at radius 1 is 1.40 bits per heavy atom. The maximum atomic E-state index is 10.5. The number of ketones is 1. The number of carbonyl (C=O) groups excluding carboxylic acids is 1. The number of rotatable bonds is 5. The number of benzene rings is 1. The first-order chi connectivity index (χ1) is 7.22. The third kappa shape index (κ3) is 4.42. The lowest BCUT2D eigenvalue weighted by atomic mass is 10.2. The largest absolute Gasteiger partial charge is 0.468 e. The van der Waals surface area contributed by atoms with Crippen LogP contribution in [0.15, 0.2) is 30.3 Å². The van der Waals surface area contributed by atoms with Crippen LogP contribution in [0.1, 0.15) is 5.56 Å². The van der Waals surface area contributed by atoms with Gasteiger partial charge >= 0.3 is 0 Å². The van der Waals surface area contributed by atoms with Crippen molar-refractivity contribution < 1.29 is 14.3 Å². The van der Waals surface area contributed by atoms with Gasteiger partial charge in [-0.25, -0.2) is 0 Å². The maximum absolute atomic E-state index is 10.5. The molecule has 2 radical (unpaired) electrons. The molecular formula is C12H12O3. The summed E-state index contributed by atoms with van der Waals surface area (Å²) in [6.45, 7) is 5.19. The summed E-state index contributed by atoms with van der Waals surface area (Å²) in [6, 6.07) is 7.23. The van der Waals surface area contributed by atoms with Gasteiger partial charge in [0.1, 0.15) is 5.75 Å². The Labute approximate surface area is 89.3 Å². The molecule has 1 aromatic carbocycles. The van der Waals surface area contributed by atoms with E-state index in [1.165, 1.54) is 6.08 Å². The second kappa shape index (κ2) is 5.98. The zero-order valence-corrected chi connectivity index (χ0v) is 8.47. The molecule has 0 saturated heterocycles. The molecule has 0 aliphatic carbocycles. The van der Waals surface area contributed by atoms with Crippen LogP contribution in [0.2, 0.25) is 0 Å². The molecule has 0 N–H and O–H groups in total. The van der Waals surface area contributed by atoms with Crippen molar-refractivity contribution in [1.29, 1.82) is 0 Å². The smallest absolute Gasteiger partial charge is 0.188 e. The third-order valence-electron chi connectivity index (χ3n) is 1.66. The third-order valence-corrected chi connectivity index (χ3v) is 1.66. The molecule has 0 bridgehead atoms. The number of methoxy groups -OCH3 is 1. The van der Waals surface area contributed by atoms with Crippen molar-refractivity contribution in [3.8, 4) is 5.75 Å². The fraction of sp³-hybridized carbons (Fsp3) is 0.167. The van der Waals surface area contributed by atoms with E-state index in [4.69, 9.17) is 16.4 Å². The van der Waals surface area contributed by atoms with Crippen molar-refractivity contribution in [2.75, 3.05) is 13.9 Å². The molecule has 0 fully saturated rings. The minimum absolute atomic E-state index is 0.219. The highest BCUT2D eigenvalue weighted by Crippen LogP contribution is 2.12. The summed E-state index contributed by atoms with van der Waals surface area (Å²) in [7, 11) is 1.56. The molecule has 0 spiro atoms. The molecule has 0 saturated carbocycles. The van der Waals surface area contributed by atoms with E-state index in [0.29, 0.717) is 5.75 Å². The zero-order chi connectivity index (χ0) is 11.1. The molecule has 0 amide bonds. The summed E-state index contributed by atoms with van der Waals surface area (Å²) in [5, 5.41) is 0. The van der Waals surface area contributed by atoms with Crippen LogP contribution in [0.4, 0.5) is 0 Å². The van der Waals surface area contributed by atoms with Gasteiger partial charge in [-0.15, -0.1) is 0 Å². The van der Waals surface area contributed by atoms with Crippen LogP contribution in [0.5, 0.6) is 5.75 Å². The minimum Gasteiger partial charge on any atom is -0.468 e. The number of ether oxygens (including phenoxy) is 2. The summed E-state index contributed by atoms with van der Waals surface area (Å²) < 4.78 is 9.96. The number of hydrogen-bond acceptors (Lipinski definition) is 3. The first-order valence-corrected chi connectivity index (χ1v) is 4.41. The van der Waals surface area contributed by atoms with E-state index in [9.17, 15) is 4.79 Å². The molecule has 1 rings (SSSR count). The molecule has 0 heterocycles. The monoisotopic (exact) mass is 204 g/mol. The average Bonchev–Trinajstić information content (AvgIpc) is 2.25. The van der Waals surface area contributed by atoms with Crippen molar-refractivity contribution in [3.63, 3.8) is 0 Å². The highest BCUT2D eigenvalue weighted by molar-refractivity contribution is 5.96. The van der Waals surface area contributed by atoms with Gasteiger partial charge in [-0.3, -0.25) is 4.79 Å². The molecule has 0 aromatic heterocycles. The number of allylic oxidation sites excluding steroid dienone is 1. The minimum atomic E-state index is -0.463. The molecule has 0 atom stereocenters. The van der Waals surface area contributed by atoms with E-state index in [0.717, 1.165) is 5.56 Å². The standard InChI is InChI=1S/C12H12O3/c1-10(13)3-4-11-5-7-12(8-6-11)15-9-14-2/h1,3-8H,9H2,2H3/b4-3+. The molecule has 78 valence electrons. The quantitative estimate of drug-likeness (QED) is 0.543. The van der Waals surface area contributed by atoms with Gasteiger partial charge in [-0.2, -0.15) is 0 Å². The van der Waals surface area contributed by atoms with Crippen molar-refractivity contribution in [1.82, 2.24) is 0 Å². The van der Waals surface area contributed by atoms with Crippen LogP contribution in [0, 0.1) is 6.92 Å². The van der Waals surface area contributed by atoms with Crippen LogP contribution < -0.4 is 4.74 Å². The zero-order valence-electron chi connectivity index (χ0n) is 8.47. The van der Waals surface area contributed by atoms with Crippen LogP contribution in [-0.4, -0.2) is 19.7 Å². The Hall–Kier alpha value is -1.61. The summed E-state index contributed by atoms with van der Waals surface area (Å²) in [6.07, 6.45) is 2.95. The van der Waals surface area contributed by atoms with E-state index in [-0.39, 0.29) is 6.79 Å². The van der Waals surface area contributed by atoms with Gasteiger partial charge in [-0.1, -0.05) is 18.2 Å². The molecule has 0 aliphatic rings. The lowest BCUT2D eigenvalue weighted by Crippen LogP contribution is -1.98. The van der Waals surface area contributed by atoms with Crippen LogP contribution in [0.25, 0.3) is 6.08 Å². The second-order valence-corrected chi connectivity index (χ2v) is 2.86. The van der Waals surface area contributed by atoms with Gasteiger partial charge < -0.3 is 9.47 Å². The van der Waals surface area contributed by atoms with E-state index < -0.39 is 5.78 Å². The van der Waals surface area contributed by atoms with E-state index in [1.54, 1.807) is 25.3 Å². The first kappa shape index (κ1) is 11.5. The van der Waals surface area contributed by atoms with Crippen molar-refractivity contribution in [3.05, 3.63) is 42.8 Å². The molecule has 15 heavy (non-hydrogen) atoms. The van der Waals surface area contributed by atoms with Gasteiger partial charge in [0.15, 0.2) is 12.6 Å². The second-order valence-electron chi connectivity index (χ2n) is 2.86. The fourth-order valence-corrected chi connectivity index (χ4v) is 0.980. The van der Waals surface area contributed by atoms with E-state index in [2.05, 4.69) is 0 Å². The first-order valence-electron chi connectivity index (χ1n) is 4.41. The van der Waals surface area contributed by atoms with Gasteiger partial charge in [-0.05, 0) is 23.8 Å². The SMILES string of the molecule is [CH]C(=O)/C=C/c1ccc(OCOC)cc1. The topological polar surface area (TPSA) is 35.5 Å². The van der Waals surface area contributed by atoms with E-state index in [1.807, 2.05) is 12.1 Å². The molecule has 1 aromatic rings. The van der Waals surface area contributed by atoms with Crippen molar-refractivity contribution in [2.45, 2.75) is 0 Å². The summed E-state index contributed by atoms with van der Waals surface area (Å²) in [4.78, 5) is 10.5. The molecule has 0 aliphatic heterocycles. The summed E-state index contributed by atoms with van der Waals surface area (Å²) in [5.74, 6) is 0.253. The Bertz CT molecular complexity index is 338. The maximum Gasteiger partial charge on any atom is 0.188 e. The van der Waals surface area contributed by atoms with Crippen LogP contribution in [-0.2, 0) is 9.53 Å². The summed E-state index contributed by atoms with van der Waals surface area (Å²) in [5.41, 5.74) is 0.888. The van der Waals surface area contributed by atoms with Gasteiger partial charge in [0, 0.05) is 14.0 Å². The number of carbonyl (C=O) groups is 1. The molecule has 0 unspecified atom stereocenters. The van der Waals surface area contributed by atoms with Gasteiger partial charge in [0.05, 0.1) is 0 Å². The van der Waals surface area contributed by atoms with Crippen LogP contribution >= 0.6 is 0 Å². The highest BCUT2D eigenvalue weighted by Gasteiger charge is 1.92. The molecule has 3 heteroatoms. The predicted octanol–water partition coefficient (Wildman–Crippen LogP) is 1.96. The Morgan fingerprint density at radius 3 is 2.60 bits per heavy atom. The lowest BCUT2D eigenvalue weighted by molar-refractivity contribution is -0.110. The van der Waals surface area contributed by atoms with E-state index >= 15 is 0 Å². The van der Waals surface area contributed by atoms with Crippen LogP contribution in [0.3, 0.4) is 0 Å². The molecular weight excluding hydrogens is 192 g/mol. The number of hydrogen-bond donors (Lipinski definition) is 0. The lowest BCUT2D eigenvalue weighted by Gasteiger charge is -2.03. The molecule has 3 nitrogen and oxygen atoms in total. The Kier molecular flexibility index (Phi) is 4.57. The van der Waals surface area contributed by atoms with Crippen molar-refractivity contribution in [2.24, 2.45) is 0 Å². The summed E-state index contributed by atoms with van der Waals surface area (Å²) >= 11 is 0. The van der Waals surface area contributed by atoms with Gasteiger partial charge in [0.25, 0.3) is 0 Å². The highest BCUT2D eigenvalue weighted by atomic mass is 16.7. The normalized spacial score (nSPS) is 10.5. The Balaban J connectivity index is 2.60. The fourth-order valence-electron chi connectivity index (χ4n) is 0.980.